The Hall–Kier alpha value is -1.12. The second kappa shape index (κ2) is 6.55. The lowest BCUT2D eigenvalue weighted by atomic mass is 9.96. The molecule has 0 aliphatic rings. The van der Waals surface area contributed by atoms with Crippen LogP contribution in [0.5, 0.6) is 5.75 Å². The fourth-order valence-electron chi connectivity index (χ4n) is 2.13. The molecule has 0 saturated heterocycles. The standard InChI is InChI=1S/C16H18INO3S/c1-16(2,12-7-5-4-6-8-12)18-22(19,20)15-10-9-13(21-3)11-14(15)17/h4-11,18H,1-3H3. The number of hydrogen-bond donors (Lipinski definition) is 1. The van der Waals surface area contributed by atoms with Crippen LogP contribution in [-0.2, 0) is 15.6 Å². The van der Waals surface area contributed by atoms with Gasteiger partial charge >= 0.3 is 0 Å². The molecule has 0 aliphatic heterocycles. The van der Waals surface area contributed by atoms with Gasteiger partial charge in [0.15, 0.2) is 0 Å². The molecule has 0 aromatic heterocycles. The maximum absolute atomic E-state index is 12.7. The summed E-state index contributed by atoms with van der Waals surface area (Å²) in [4.78, 5) is 0.248. The molecule has 2 aromatic carbocycles. The second-order valence-corrected chi connectivity index (χ2v) is 8.21. The highest BCUT2D eigenvalue weighted by Crippen LogP contribution is 2.27. The van der Waals surface area contributed by atoms with Crippen LogP contribution in [-0.4, -0.2) is 15.5 Å². The van der Waals surface area contributed by atoms with Crippen LogP contribution in [0.3, 0.4) is 0 Å². The SMILES string of the molecule is COc1ccc(S(=O)(=O)NC(C)(C)c2ccccc2)c(I)c1. The zero-order valence-corrected chi connectivity index (χ0v) is 15.6. The van der Waals surface area contributed by atoms with Gasteiger partial charge in [-0.1, -0.05) is 30.3 Å². The average Bonchev–Trinajstić information content (AvgIpc) is 2.46. The summed E-state index contributed by atoms with van der Waals surface area (Å²) in [5.41, 5.74) is 0.199. The molecule has 0 spiro atoms. The highest BCUT2D eigenvalue weighted by atomic mass is 127. The van der Waals surface area contributed by atoms with Gasteiger partial charge in [0.1, 0.15) is 5.75 Å². The lowest BCUT2D eigenvalue weighted by Gasteiger charge is -2.27. The van der Waals surface area contributed by atoms with E-state index in [1.165, 1.54) is 0 Å². The van der Waals surface area contributed by atoms with E-state index < -0.39 is 15.6 Å². The van der Waals surface area contributed by atoms with Crippen molar-refractivity contribution in [1.82, 2.24) is 4.72 Å². The molecule has 2 aromatic rings. The minimum absolute atomic E-state index is 0.248. The molecule has 0 amide bonds. The van der Waals surface area contributed by atoms with E-state index in [0.717, 1.165) is 5.56 Å². The minimum atomic E-state index is -3.63. The van der Waals surface area contributed by atoms with Crippen LogP contribution in [0, 0.1) is 3.57 Å². The lowest BCUT2D eigenvalue weighted by molar-refractivity contribution is 0.414. The third kappa shape index (κ3) is 3.80. The average molecular weight is 431 g/mol. The fraction of sp³-hybridized carbons (Fsp3) is 0.250. The Bertz CT molecular complexity index is 758. The predicted octanol–water partition coefficient (Wildman–Crippen LogP) is 3.51. The van der Waals surface area contributed by atoms with Crippen LogP contribution >= 0.6 is 22.6 Å². The Morgan fingerprint density at radius 2 is 1.73 bits per heavy atom. The van der Waals surface area contributed by atoms with Crippen molar-refractivity contribution >= 4 is 32.6 Å². The highest BCUT2D eigenvalue weighted by Gasteiger charge is 2.29. The molecular weight excluding hydrogens is 413 g/mol. The van der Waals surface area contributed by atoms with Crippen molar-refractivity contribution in [3.05, 3.63) is 57.7 Å². The van der Waals surface area contributed by atoms with Gasteiger partial charge in [0.05, 0.1) is 17.5 Å². The van der Waals surface area contributed by atoms with Gasteiger partial charge in [0, 0.05) is 3.57 Å². The van der Waals surface area contributed by atoms with E-state index in [0.29, 0.717) is 9.32 Å². The van der Waals surface area contributed by atoms with Crippen LogP contribution in [0.4, 0.5) is 0 Å². The van der Waals surface area contributed by atoms with Gasteiger partial charge in [-0.15, -0.1) is 0 Å². The molecule has 0 heterocycles. The first-order chi connectivity index (χ1) is 10.3. The van der Waals surface area contributed by atoms with Crippen molar-refractivity contribution in [3.8, 4) is 5.75 Å². The summed E-state index contributed by atoms with van der Waals surface area (Å²) in [6.45, 7) is 3.69. The van der Waals surface area contributed by atoms with E-state index in [4.69, 9.17) is 4.74 Å². The molecule has 6 heteroatoms. The van der Waals surface area contributed by atoms with E-state index in [-0.39, 0.29) is 4.90 Å². The van der Waals surface area contributed by atoms with E-state index in [9.17, 15) is 8.42 Å². The molecule has 0 saturated carbocycles. The molecular formula is C16H18INO3S. The van der Waals surface area contributed by atoms with Gasteiger partial charge in [-0.2, -0.15) is 0 Å². The summed E-state index contributed by atoms with van der Waals surface area (Å²) in [6.07, 6.45) is 0. The highest BCUT2D eigenvalue weighted by molar-refractivity contribution is 14.1. The van der Waals surface area contributed by atoms with E-state index in [2.05, 4.69) is 4.72 Å². The van der Waals surface area contributed by atoms with Gasteiger partial charge in [0.25, 0.3) is 0 Å². The van der Waals surface area contributed by atoms with Gasteiger partial charge in [-0.3, -0.25) is 0 Å². The fourth-order valence-corrected chi connectivity index (χ4v) is 4.95. The van der Waals surface area contributed by atoms with Gasteiger partial charge in [0.2, 0.25) is 10.0 Å². The van der Waals surface area contributed by atoms with E-state index in [1.807, 2.05) is 66.8 Å². The number of nitrogens with one attached hydrogen (secondary N) is 1. The second-order valence-electron chi connectivity index (χ2n) is 5.39. The zero-order chi connectivity index (χ0) is 16.4. The van der Waals surface area contributed by atoms with Crippen LogP contribution in [0.2, 0.25) is 0 Å². The topological polar surface area (TPSA) is 55.4 Å². The monoisotopic (exact) mass is 431 g/mol. The van der Waals surface area contributed by atoms with Crippen molar-refractivity contribution in [3.63, 3.8) is 0 Å². The Morgan fingerprint density at radius 3 is 2.27 bits per heavy atom. The first-order valence-corrected chi connectivity index (χ1v) is 9.25. The number of halogens is 1. The van der Waals surface area contributed by atoms with Crippen molar-refractivity contribution in [2.45, 2.75) is 24.3 Å². The summed E-state index contributed by atoms with van der Waals surface area (Å²) in [7, 11) is -2.08. The lowest BCUT2D eigenvalue weighted by Crippen LogP contribution is -2.41. The summed E-state index contributed by atoms with van der Waals surface area (Å²) in [5.74, 6) is 0.630. The van der Waals surface area contributed by atoms with Crippen molar-refractivity contribution in [1.29, 1.82) is 0 Å². The molecule has 118 valence electrons. The smallest absolute Gasteiger partial charge is 0.242 e. The molecule has 0 bridgehead atoms. The van der Waals surface area contributed by atoms with Gasteiger partial charge < -0.3 is 4.74 Å². The van der Waals surface area contributed by atoms with E-state index >= 15 is 0 Å². The molecule has 0 fully saturated rings. The van der Waals surface area contributed by atoms with Crippen LogP contribution in [0.15, 0.2) is 53.4 Å². The number of methoxy groups -OCH3 is 1. The van der Waals surface area contributed by atoms with Crippen molar-refractivity contribution < 1.29 is 13.2 Å². The largest absolute Gasteiger partial charge is 0.497 e. The minimum Gasteiger partial charge on any atom is -0.497 e. The number of rotatable bonds is 5. The maximum atomic E-state index is 12.7. The third-order valence-electron chi connectivity index (χ3n) is 3.31. The Labute approximate surface area is 145 Å². The summed E-state index contributed by atoms with van der Waals surface area (Å²) < 4.78 is 33.9. The Balaban J connectivity index is 2.36. The Morgan fingerprint density at radius 1 is 1.09 bits per heavy atom. The predicted molar refractivity (Wildman–Crippen MR) is 95.5 cm³/mol. The van der Waals surface area contributed by atoms with Crippen LogP contribution in [0.1, 0.15) is 19.4 Å². The molecule has 0 radical (unpaired) electrons. The van der Waals surface area contributed by atoms with Crippen molar-refractivity contribution in [2.24, 2.45) is 0 Å². The molecule has 1 N–H and O–H groups in total. The maximum Gasteiger partial charge on any atom is 0.242 e. The summed E-state index contributed by atoms with van der Waals surface area (Å²) in [6, 6.07) is 14.4. The third-order valence-corrected chi connectivity index (χ3v) is 6.29. The number of sulfonamides is 1. The van der Waals surface area contributed by atoms with Crippen LogP contribution in [0.25, 0.3) is 0 Å². The van der Waals surface area contributed by atoms with Gasteiger partial charge in [-0.25, -0.2) is 13.1 Å². The quantitative estimate of drug-likeness (QED) is 0.738. The molecule has 0 aliphatic carbocycles. The Kier molecular flexibility index (Phi) is 5.14. The number of benzene rings is 2. The molecule has 0 unspecified atom stereocenters. The first kappa shape index (κ1) is 17.2. The summed E-state index contributed by atoms with van der Waals surface area (Å²) in [5, 5.41) is 0. The molecule has 2 rings (SSSR count). The molecule has 4 nitrogen and oxygen atoms in total. The first-order valence-electron chi connectivity index (χ1n) is 6.69. The molecule has 22 heavy (non-hydrogen) atoms. The number of hydrogen-bond acceptors (Lipinski definition) is 3. The van der Waals surface area contributed by atoms with Gasteiger partial charge in [-0.05, 0) is 60.2 Å². The van der Waals surface area contributed by atoms with Crippen LogP contribution < -0.4 is 9.46 Å². The van der Waals surface area contributed by atoms with Crippen molar-refractivity contribution in [2.75, 3.05) is 7.11 Å². The van der Waals surface area contributed by atoms with E-state index in [1.54, 1.807) is 25.3 Å². The normalized spacial score (nSPS) is 12.2. The molecule has 0 atom stereocenters. The number of ether oxygens (including phenoxy) is 1. The zero-order valence-electron chi connectivity index (χ0n) is 12.6. The summed E-state index contributed by atoms with van der Waals surface area (Å²) >= 11 is 2.00.